The molecule has 0 aromatic carbocycles. The summed E-state index contributed by atoms with van der Waals surface area (Å²) in [5, 5.41) is 9.44. The number of hydrogen-bond donors (Lipinski definition) is 1. The Morgan fingerprint density at radius 2 is 2.11 bits per heavy atom. The molecule has 2 heterocycles. The Kier molecular flexibility index (Phi) is 3.22. The van der Waals surface area contributed by atoms with E-state index >= 15 is 0 Å². The molecule has 19 heavy (non-hydrogen) atoms. The van der Waals surface area contributed by atoms with Gasteiger partial charge < -0.3 is 9.84 Å². The zero-order valence-corrected chi connectivity index (χ0v) is 10.8. The molecule has 2 fully saturated rings. The number of aliphatic carboxylic acids is 1. The van der Waals surface area contributed by atoms with Crippen LogP contribution in [0.2, 0.25) is 0 Å². The van der Waals surface area contributed by atoms with Crippen LogP contribution in [-0.4, -0.2) is 34.3 Å². The summed E-state index contributed by atoms with van der Waals surface area (Å²) in [4.78, 5) is 20.3. The number of nitrogens with zero attached hydrogens (tertiary/aromatic N) is 2. The van der Waals surface area contributed by atoms with Crippen LogP contribution in [-0.2, 0) is 14.9 Å². The second-order valence-corrected chi connectivity index (χ2v) is 5.43. The van der Waals surface area contributed by atoms with Gasteiger partial charge in [-0.3, -0.25) is 4.79 Å². The standard InChI is InChI=1S/C14H18N2O3/c17-13(18)14(5-1-6-14)12-15-7-2-11(16-12)10-3-8-19-9-4-10/h2,7,10H,1,3-6,8-9H2,(H,17,18). The van der Waals surface area contributed by atoms with Crippen LogP contribution in [0.1, 0.15) is 49.5 Å². The maximum atomic E-state index is 11.5. The third kappa shape index (κ3) is 2.12. The first-order valence-electron chi connectivity index (χ1n) is 6.87. The molecule has 0 spiro atoms. The van der Waals surface area contributed by atoms with Crippen molar-refractivity contribution in [1.29, 1.82) is 0 Å². The number of carboxylic acids is 1. The molecule has 3 rings (SSSR count). The fraction of sp³-hybridized carbons (Fsp3) is 0.643. The van der Waals surface area contributed by atoms with Crippen molar-refractivity contribution in [1.82, 2.24) is 9.97 Å². The molecule has 0 unspecified atom stereocenters. The van der Waals surface area contributed by atoms with Gasteiger partial charge >= 0.3 is 5.97 Å². The van der Waals surface area contributed by atoms with E-state index < -0.39 is 11.4 Å². The van der Waals surface area contributed by atoms with Gasteiger partial charge in [-0.05, 0) is 31.7 Å². The van der Waals surface area contributed by atoms with Gasteiger partial charge in [0.1, 0.15) is 11.2 Å². The van der Waals surface area contributed by atoms with Gasteiger partial charge in [0, 0.05) is 31.0 Å². The summed E-state index contributed by atoms with van der Waals surface area (Å²) in [5.41, 5.74) is 0.141. The van der Waals surface area contributed by atoms with Crippen LogP contribution in [0.4, 0.5) is 0 Å². The Morgan fingerprint density at radius 1 is 1.37 bits per heavy atom. The second-order valence-electron chi connectivity index (χ2n) is 5.43. The Hall–Kier alpha value is -1.49. The lowest BCUT2D eigenvalue weighted by atomic mass is 9.68. The molecule has 1 aliphatic heterocycles. The summed E-state index contributed by atoms with van der Waals surface area (Å²) in [7, 11) is 0. The molecule has 1 aliphatic carbocycles. The average Bonchev–Trinajstić information content (AvgIpc) is 2.38. The molecule has 1 aromatic heterocycles. The van der Waals surface area contributed by atoms with Gasteiger partial charge in [0.05, 0.1) is 0 Å². The van der Waals surface area contributed by atoms with E-state index in [9.17, 15) is 9.90 Å². The van der Waals surface area contributed by atoms with E-state index in [0.717, 1.165) is 38.2 Å². The van der Waals surface area contributed by atoms with Gasteiger partial charge in [0.15, 0.2) is 0 Å². The first-order chi connectivity index (χ1) is 9.22. The summed E-state index contributed by atoms with van der Waals surface area (Å²) in [5.74, 6) is 0.0829. The topological polar surface area (TPSA) is 72.3 Å². The predicted molar refractivity (Wildman–Crippen MR) is 68.0 cm³/mol. The van der Waals surface area contributed by atoms with Crippen LogP contribution in [0.5, 0.6) is 0 Å². The van der Waals surface area contributed by atoms with Crippen molar-refractivity contribution in [3.63, 3.8) is 0 Å². The van der Waals surface area contributed by atoms with Crippen molar-refractivity contribution in [3.05, 3.63) is 23.8 Å². The van der Waals surface area contributed by atoms with E-state index in [-0.39, 0.29) is 0 Å². The number of carbonyl (C=O) groups is 1. The lowest BCUT2D eigenvalue weighted by Gasteiger charge is -2.36. The van der Waals surface area contributed by atoms with Crippen LogP contribution in [0.25, 0.3) is 0 Å². The number of hydrogen-bond acceptors (Lipinski definition) is 4. The zero-order valence-electron chi connectivity index (χ0n) is 10.8. The molecule has 5 nitrogen and oxygen atoms in total. The van der Waals surface area contributed by atoms with Gasteiger partial charge in [-0.2, -0.15) is 0 Å². The smallest absolute Gasteiger partial charge is 0.317 e. The van der Waals surface area contributed by atoms with Crippen molar-refractivity contribution in [2.75, 3.05) is 13.2 Å². The maximum absolute atomic E-state index is 11.5. The molecule has 0 bridgehead atoms. The molecule has 1 aromatic rings. The third-order valence-electron chi connectivity index (χ3n) is 4.36. The van der Waals surface area contributed by atoms with Crippen molar-refractivity contribution in [2.45, 2.75) is 43.4 Å². The van der Waals surface area contributed by atoms with E-state index in [2.05, 4.69) is 9.97 Å². The van der Waals surface area contributed by atoms with Crippen LogP contribution < -0.4 is 0 Å². The third-order valence-corrected chi connectivity index (χ3v) is 4.36. The van der Waals surface area contributed by atoms with E-state index in [1.54, 1.807) is 6.20 Å². The Balaban J connectivity index is 1.89. The Morgan fingerprint density at radius 3 is 2.68 bits per heavy atom. The van der Waals surface area contributed by atoms with Gasteiger partial charge in [0.2, 0.25) is 0 Å². The summed E-state index contributed by atoms with van der Waals surface area (Å²) in [6.45, 7) is 1.52. The highest BCUT2D eigenvalue weighted by molar-refractivity contribution is 5.81. The number of ether oxygens (including phenoxy) is 1. The molecule has 102 valence electrons. The summed E-state index contributed by atoms with van der Waals surface area (Å²) in [6, 6.07) is 1.91. The minimum absolute atomic E-state index is 0.376. The van der Waals surface area contributed by atoms with Crippen molar-refractivity contribution in [2.24, 2.45) is 0 Å². The molecule has 1 saturated carbocycles. The van der Waals surface area contributed by atoms with Crippen LogP contribution >= 0.6 is 0 Å². The Bertz CT molecular complexity index is 479. The van der Waals surface area contributed by atoms with E-state index in [1.807, 2.05) is 6.07 Å². The molecule has 1 N–H and O–H groups in total. The molecule has 0 amide bonds. The minimum Gasteiger partial charge on any atom is -0.480 e. The lowest BCUT2D eigenvalue weighted by Crippen LogP contribution is -2.44. The zero-order chi connectivity index (χ0) is 13.3. The number of carboxylic acid groups (broad SMARTS) is 1. The summed E-state index contributed by atoms with van der Waals surface area (Å²) < 4.78 is 5.35. The fourth-order valence-corrected chi connectivity index (χ4v) is 2.89. The fourth-order valence-electron chi connectivity index (χ4n) is 2.89. The molecule has 0 atom stereocenters. The van der Waals surface area contributed by atoms with Crippen LogP contribution in [0.3, 0.4) is 0 Å². The van der Waals surface area contributed by atoms with Crippen LogP contribution in [0.15, 0.2) is 12.3 Å². The molecular formula is C14H18N2O3. The average molecular weight is 262 g/mol. The van der Waals surface area contributed by atoms with Gasteiger partial charge in [-0.15, -0.1) is 0 Å². The molecule has 0 radical (unpaired) electrons. The van der Waals surface area contributed by atoms with Gasteiger partial charge in [-0.1, -0.05) is 6.42 Å². The van der Waals surface area contributed by atoms with Gasteiger partial charge in [0.25, 0.3) is 0 Å². The summed E-state index contributed by atoms with van der Waals surface area (Å²) in [6.07, 6.45) is 5.86. The van der Waals surface area contributed by atoms with Crippen molar-refractivity contribution >= 4 is 5.97 Å². The highest BCUT2D eigenvalue weighted by Gasteiger charge is 2.48. The first-order valence-corrected chi connectivity index (χ1v) is 6.87. The number of aromatic nitrogens is 2. The highest BCUT2D eigenvalue weighted by Crippen LogP contribution is 2.42. The molecule has 2 aliphatic rings. The van der Waals surface area contributed by atoms with Gasteiger partial charge in [-0.25, -0.2) is 9.97 Å². The first kappa shape index (κ1) is 12.5. The maximum Gasteiger partial charge on any atom is 0.317 e. The van der Waals surface area contributed by atoms with E-state index in [4.69, 9.17) is 4.74 Å². The highest BCUT2D eigenvalue weighted by atomic mass is 16.5. The largest absolute Gasteiger partial charge is 0.480 e. The van der Waals surface area contributed by atoms with E-state index in [1.165, 1.54) is 0 Å². The summed E-state index contributed by atoms with van der Waals surface area (Å²) >= 11 is 0. The predicted octanol–water partition coefficient (Wildman–Crippen LogP) is 1.88. The normalized spacial score (nSPS) is 22.7. The van der Waals surface area contributed by atoms with Crippen molar-refractivity contribution in [3.8, 4) is 0 Å². The Labute approximate surface area is 112 Å². The SMILES string of the molecule is O=C(O)C1(c2nccc(C3CCOCC3)n2)CCC1. The molecular weight excluding hydrogens is 244 g/mol. The second kappa shape index (κ2) is 4.89. The minimum atomic E-state index is -0.832. The van der Waals surface area contributed by atoms with E-state index in [0.29, 0.717) is 24.6 Å². The monoisotopic (exact) mass is 262 g/mol. The molecule has 1 saturated heterocycles. The van der Waals surface area contributed by atoms with Crippen molar-refractivity contribution < 1.29 is 14.6 Å². The van der Waals surface area contributed by atoms with Crippen LogP contribution in [0, 0.1) is 0 Å². The molecule has 5 heteroatoms. The number of rotatable bonds is 3. The quantitative estimate of drug-likeness (QED) is 0.900. The lowest BCUT2D eigenvalue weighted by molar-refractivity contribution is -0.147.